The van der Waals surface area contributed by atoms with Crippen molar-refractivity contribution in [1.82, 2.24) is 9.88 Å². The molecule has 118 valence electrons. The van der Waals surface area contributed by atoms with Gasteiger partial charge in [0.1, 0.15) is 0 Å². The fourth-order valence-corrected chi connectivity index (χ4v) is 3.58. The van der Waals surface area contributed by atoms with Crippen LogP contribution in [0.1, 0.15) is 56.8 Å². The van der Waals surface area contributed by atoms with Crippen LogP contribution >= 0.6 is 0 Å². The maximum atomic E-state index is 12.8. The molecule has 1 amide bonds. The predicted octanol–water partition coefficient (Wildman–Crippen LogP) is 3.58. The second kappa shape index (κ2) is 6.11. The summed E-state index contributed by atoms with van der Waals surface area (Å²) < 4.78 is 5.53. The minimum absolute atomic E-state index is 0.0891. The number of aromatic nitrogens is 1. The molecule has 3 rings (SSSR count). The number of amides is 1. The Morgan fingerprint density at radius 3 is 2.50 bits per heavy atom. The molecule has 3 heterocycles. The van der Waals surface area contributed by atoms with E-state index in [0.29, 0.717) is 23.5 Å². The first-order valence-corrected chi connectivity index (χ1v) is 8.18. The van der Waals surface area contributed by atoms with Gasteiger partial charge in [-0.25, -0.2) is 4.98 Å². The molecule has 0 spiro atoms. The lowest BCUT2D eigenvalue weighted by Crippen LogP contribution is -2.44. The molecule has 22 heavy (non-hydrogen) atoms. The third kappa shape index (κ3) is 2.87. The number of fused-ring (bicyclic) bond motifs is 2. The summed E-state index contributed by atoms with van der Waals surface area (Å²) in [4.78, 5) is 19.2. The average molecular weight is 300 g/mol. The van der Waals surface area contributed by atoms with Crippen LogP contribution in [0.2, 0.25) is 0 Å². The van der Waals surface area contributed by atoms with Crippen LogP contribution in [-0.4, -0.2) is 34.0 Å². The molecule has 0 saturated carbocycles. The van der Waals surface area contributed by atoms with Gasteiger partial charge in [-0.1, -0.05) is 11.6 Å². The molecule has 0 radical (unpaired) electrons. The number of hydrogen-bond donors (Lipinski definition) is 0. The van der Waals surface area contributed by atoms with Crippen molar-refractivity contribution in [2.75, 3.05) is 0 Å². The topological polar surface area (TPSA) is 42.4 Å². The third-order valence-corrected chi connectivity index (χ3v) is 4.60. The van der Waals surface area contributed by atoms with Gasteiger partial charge in [-0.3, -0.25) is 4.79 Å². The normalized spacial score (nSPS) is 23.8. The van der Waals surface area contributed by atoms with E-state index < -0.39 is 0 Å². The smallest absolute Gasteiger partial charge is 0.255 e. The molecule has 2 aliphatic rings. The molecule has 2 aliphatic heterocycles. The number of piperidine rings is 1. The van der Waals surface area contributed by atoms with Crippen LogP contribution in [0.3, 0.4) is 0 Å². The van der Waals surface area contributed by atoms with Crippen molar-refractivity contribution in [3.8, 4) is 5.88 Å². The van der Waals surface area contributed by atoms with Gasteiger partial charge in [-0.05, 0) is 52.5 Å². The SMILES string of the molecule is CC=C1CC2CCC(C1)N2C(=O)c1ccc(OC(C)C)nc1. The summed E-state index contributed by atoms with van der Waals surface area (Å²) in [7, 11) is 0. The molecule has 0 aliphatic carbocycles. The standard InChI is InChI=1S/C18H24N2O2/c1-4-13-9-15-6-7-16(10-13)20(15)18(21)14-5-8-17(19-11-14)22-12(2)3/h4-5,8,11-12,15-16H,6-7,9-10H2,1-3H3. The maximum Gasteiger partial charge on any atom is 0.255 e. The Morgan fingerprint density at radius 1 is 1.32 bits per heavy atom. The Bertz CT molecular complexity index is 561. The Balaban J connectivity index is 1.74. The lowest BCUT2D eigenvalue weighted by Gasteiger charge is -2.36. The van der Waals surface area contributed by atoms with Crippen LogP contribution < -0.4 is 4.74 Å². The molecule has 1 aromatic rings. The van der Waals surface area contributed by atoms with E-state index in [1.165, 1.54) is 5.57 Å². The first kappa shape index (κ1) is 15.1. The monoisotopic (exact) mass is 300 g/mol. The van der Waals surface area contributed by atoms with E-state index >= 15 is 0 Å². The highest BCUT2D eigenvalue weighted by molar-refractivity contribution is 5.94. The maximum absolute atomic E-state index is 12.8. The van der Waals surface area contributed by atoms with E-state index in [-0.39, 0.29) is 12.0 Å². The van der Waals surface area contributed by atoms with Crippen LogP contribution in [0.4, 0.5) is 0 Å². The van der Waals surface area contributed by atoms with Gasteiger partial charge in [0.2, 0.25) is 5.88 Å². The second-order valence-corrected chi connectivity index (χ2v) is 6.50. The summed E-state index contributed by atoms with van der Waals surface area (Å²) >= 11 is 0. The molecule has 2 unspecified atom stereocenters. The molecule has 2 bridgehead atoms. The zero-order valence-corrected chi connectivity index (χ0v) is 13.6. The molecule has 2 saturated heterocycles. The summed E-state index contributed by atoms with van der Waals surface area (Å²) in [5.41, 5.74) is 2.16. The quantitative estimate of drug-likeness (QED) is 0.801. The summed E-state index contributed by atoms with van der Waals surface area (Å²) in [6.45, 7) is 6.03. The van der Waals surface area contributed by atoms with E-state index in [4.69, 9.17) is 4.74 Å². The zero-order valence-electron chi connectivity index (χ0n) is 13.6. The number of nitrogens with zero attached hydrogens (tertiary/aromatic N) is 2. The molecule has 0 N–H and O–H groups in total. The average Bonchev–Trinajstić information content (AvgIpc) is 2.76. The van der Waals surface area contributed by atoms with Crippen molar-refractivity contribution < 1.29 is 9.53 Å². The number of hydrogen-bond acceptors (Lipinski definition) is 3. The van der Waals surface area contributed by atoms with Gasteiger partial charge < -0.3 is 9.64 Å². The molecule has 2 fully saturated rings. The van der Waals surface area contributed by atoms with Crippen molar-refractivity contribution >= 4 is 5.91 Å². The van der Waals surface area contributed by atoms with E-state index in [0.717, 1.165) is 25.7 Å². The van der Waals surface area contributed by atoms with Crippen LogP contribution in [0.5, 0.6) is 5.88 Å². The molecule has 1 aromatic heterocycles. The lowest BCUT2D eigenvalue weighted by molar-refractivity contribution is 0.0634. The first-order valence-electron chi connectivity index (χ1n) is 8.18. The number of rotatable bonds is 3. The van der Waals surface area contributed by atoms with Crippen molar-refractivity contribution in [3.05, 3.63) is 35.5 Å². The van der Waals surface area contributed by atoms with E-state index in [1.54, 1.807) is 12.3 Å². The van der Waals surface area contributed by atoms with E-state index in [2.05, 4.69) is 22.9 Å². The zero-order chi connectivity index (χ0) is 15.7. The van der Waals surface area contributed by atoms with Crippen LogP contribution in [0, 0.1) is 0 Å². The van der Waals surface area contributed by atoms with Crippen LogP contribution in [-0.2, 0) is 0 Å². The number of ether oxygens (including phenoxy) is 1. The Morgan fingerprint density at radius 2 is 2.00 bits per heavy atom. The molecular formula is C18H24N2O2. The minimum atomic E-state index is 0.0891. The number of pyridine rings is 1. The van der Waals surface area contributed by atoms with Gasteiger partial charge in [0.05, 0.1) is 11.7 Å². The molecule has 4 nitrogen and oxygen atoms in total. The van der Waals surface area contributed by atoms with Gasteiger partial charge in [0, 0.05) is 24.3 Å². The third-order valence-electron chi connectivity index (χ3n) is 4.60. The number of carbonyl (C=O) groups excluding carboxylic acids is 1. The Kier molecular flexibility index (Phi) is 4.19. The fraction of sp³-hybridized carbons (Fsp3) is 0.556. The summed E-state index contributed by atoms with van der Waals surface area (Å²) in [5, 5.41) is 0. The van der Waals surface area contributed by atoms with Crippen molar-refractivity contribution in [3.63, 3.8) is 0 Å². The van der Waals surface area contributed by atoms with Crippen molar-refractivity contribution in [2.45, 2.75) is 64.6 Å². The van der Waals surface area contributed by atoms with Crippen LogP contribution in [0.15, 0.2) is 30.0 Å². The Hall–Kier alpha value is -1.84. The van der Waals surface area contributed by atoms with Gasteiger partial charge >= 0.3 is 0 Å². The summed E-state index contributed by atoms with van der Waals surface area (Å²) in [6.07, 6.45) is 8.25. The second-order valence-electron chi connectivity index (χ2n) is 6.50. The first-order chi connectivity index (χ1) is 10.6. The van der Waals surface area contributed by atoms with Gasteiger partial charge in [0.15, 0.2) is 0 Å². The fourth-order valence-electron chi connectivity index (χ4n) is 3.58. The van der Waals surface area contributed by atoms with Crippen molar-refractivity contribution in [1.29, 1.82) is 0 Å². The summed E-state index contributed by atoms with van der Waals surface area (Å²) in [5.74, 6) is 0.690. The number of carbonyl (C=O) groups is 1. The Labute approximate surface area is 132 Å². The van der Waals surface area contributed by atoms with Crippen molar-refractivity contribution in [2.24, 2.45) is 0 Å². The minimum Gasteiger partial charge on any atom is -0.475 e. The van der Waals surface area contributed by atoms with E-state index in [9.17, 15) is 4.79 Å². The highest BCUT2D eigenvalue weighted by Gasteiger charge is 2.41. The predicted molar refractivity (Wildman–Crippen MR) is 86.0 cm³/mol. The largest absolute Gasteiger partial charge is 0.475 e. The molecular weight excluding hydrogens is 276 g/mol. The molecule has 2 atom stereocenters. The van der Waals surface area contributed by atoms with Gasteiger partial charge in [-0.15, -0.1) is 0 Å². The molecule has 0 aromatic carbocycles. The van der Waals surface area contributed by atoms with E-state index in [1.807, 2.05) is 19.9 Å². The van der Waals surface area contributed by atoms with Gasteiger partial charge in [0.25, 0.3) is 5.91 Å². The summed E-state index contributed by atoms with van der Waals surface area (Å²) in [6, 6.07) is 4.35. The van der Waals surface area contributed by atoms with Gasteiger partial charge in [-0.2, -0.15) is 0 Å². The lowest BCUT2D eigenvalue weighted by atomic mass is 9.96. The highest BCUT2D eigenvalue weighted by atomic mass is 16.5. The molecule has 4 heteroatoms. The van der Waals surface area contributed by atoms with Crippen LogP contribution in [0.25, 0.3) is 0 Å². The highest BCUT2D eigenvalue weighted by Crippen LogP contribution is 2.39. The number of allylic oxidation sites excluding steroid dienone is 1.